The lowest BCUT2D eigenvalue weighted by Gasteiger charge is -2.31. The van der Waals surface area contributed by atoms with Crippen molar-refractivity contribution in [3.63, 3.8) is 0 Å². The van der Waals surface area contributed by atoms with Gasteiger partial charge in [0.15, 0.2) is 0 Å². The van der Waals surface area contributed by atoms with E-state index in [9.17, 15) is 23.3 Å². The molecule has 1 aromatic carbocycles. The Labute approximate surface area is 172 Å². The summed E-state index contributed by atoms with van der Waals surface area (Å²) >= 11 is 5.76. The maximum absolute atomic E-state index is 12.6. The molecular formula is C18H19ClN4O5S. The van der Waals surface area contributed by atoms with Crippen LogP contribution in [0.25, 0.3) is 0 Å². The Bertz CT molecular complexity index is 1010. The molecule has 0 aliphatic carbocycles. The van der Waals surface area contributed by atoms with Crippen LogP contribution in [0.15, 0.2) is 47.6 Å². The molecule has 0 radical (unpaired) electrons. The van der Waals surface area contributed by atoms with Crippen LogP contribution in [0.4, 0.5) is 5.69 Å². The molecule has 2 heterocycles. The number of rotatable bonds is 6. The molecule has 1 fully saturated rings. The Balaban J connectivity index is 1.55. The predicted molar refractivity (Wildman–Crippen MR) is 106 cm³/mol. The highest BCUT2D eigenvalue weighted by Gasteiger charge is 2.29. The van der Waals surface area contributed by atoms with Crippen molar-refractivity contribution in [1.29, 1.82) is 0 Å². The van der Waals surface area contributed by atoms with Gasteiger partial charge < -0.3 is 5.32 Å². The van der Waals surface area contributed by atoms with E-state index in [-0.39, 0.29) is 27.1 Å². The third-order valence-corrected chi connectivity index (χ3v) is 7.00. The number of benzene rings is 1. The summed E-state index contributed by atoms with van der Waals surface area (Å²) in [6.07, 6.45) is 4.04. The monoisotopic (exact) mass is 438 g/mol. The number of halogens is 1. The van der Waals surface area contributed by atoms with Gasteiger partial charge in [-0.25, -0.2) is 8.42 Å². The molecule has 1 amide bonds. The molecule has 1 aliphatic rings. The first-order valence-electron chi connectivity index (χ1n) is 8.91. The molecule has 0 atom stereocenters. The van der Waals surface area contributed by atoms with Crippen LogP contribution >= 0.6 is 11.6 Å². The highest BCUT2D eigenvalue weighted by atomic mass is 35.5. The quantitative estimate of drug-likeness (QED) is 0.546. The van der Waals surface area contributed by atoms with E-state index < -0.39 is 20.9 Å². The standard InChI is InChI=1S/C18H19ClN4O5S/c19-16-4-3-14(10-17(16)23(25)26)18(24)21-11-13-5-8-22(9-6-13)29(27,28)15-2-1-7-20-12-15/h1-4,7,10,12-13H,5-6,8-9,11H2,(H,21,24). The first-order chi connectivity index (χ1) is 13.8. The number of hydrogen-bond acceptors (Lipinski definition) is 6. The lowest BCUT2D eigenvalue weighted by Crippen LogP contribution is -2.41. The normalized spacial score (nSPS) is 15.8. The fourth-order valence-electron chi connectivity index (χ4n) is 3.14. The Morgan fingerprint density at radius 1 is 1.31 bits per heavy atom. The van der Waals surface area contributed by atoms with Crippen LogP contribution in [0.2, 0.25) is 5.02 Å². The van der Waals surface area contributed by atoms with E-state index in [0.717, 1.165) is 6.07 Å². The zero-order valence-electron chi connectivity index (χ0n) is 15.3. The molecule has 9 nitrogen and oxygen atoms in total. The predicted octanol–water partition coefficient (Wildman–Crippen LogP) is 2.47. The Kier molecular flexibility index (Phi) is 6.46. The smallest absolute Gasteiger partial charge is 0.288 e. The van der Waals surface area contributed by atoms with Gasteiger partial charge in [-0.15, -0.1) is 0 Å². The fourth-order valence-corrected chi connectivity index (χ4v) is 4.76. The number of amides is 1. The van der Waals surface area contributed by atoms with Gasteiger partial charge in [0.05, 0.1) is 4.92 Å². The summed E-state index contributed by atoms with van der Waals surface area (Å²) in [7, 11) is -3.57. The molecule has 1 aliphatic heterocycles. The highest BCUT2D eigenvalue weighted by molar-refractivity contribution is 7.89. The number of pyridine rings is 1. The second-order valence-electron chi connectivity index (χ2n) is 6.67. The fraction of sp³-hybridized carbons (Fsp3) is 0.333. The van der Waals surface area contributed by atoms with E-state index in [0.29, 0.717) is 32.5 Å². The van der Waals surface area contributed by atoms with Crippen molar-refractivity contribution in [2.45, 2.75) is 17.7 Å². The summed E-state index contributed by atoms with van der Waals surface area (Å²) < 4.78 is 26.6. The SMILES string of the molecule is O=C(NCC1CCN(S(=O)(=O)c2cccnc2)CC1)c1ccc(Cl)c([N+](=O)[O-])c1. The van der Waals surface area contributed by atoms with Crippen molar-refractivity contribution in [2.24, 2.45) is 5.92 Å². The van der Waals surface area contributed by atoms with Crippen molar-refractivity contribution >= 4 is 33.2 Å². The summed E-state index contributed by atoms with van der Waals surface area (Å²) in [5.74, 6) is -0.322. The number of carbonyl (C=O) groups is 1. The first kappa shape index (κ1) is 21.2. The first-order valence-corrected chi connectivity index (χ1v) is 10.7. The summed E-state index contributed by atoms with van der Waals surface area (Å²) in [5, 5.41) is 13.7. The summed E-state index contributed by atoms with van der Waals surface area (Å²) in [6, 6.07) is 6.97. The van der Waals surface area contributed by atoms with Gasteiger partial charge in [0.25, 0.3) is 11.6 Å². The topological polar surface area (TPSA) is 123 Å². The second kappa shape index (κ2) is 8.85. The van der Waals surface area contributed by atoms with Crippen LogP contribution in [0, 0.1) is 16.0 Å². The van der Waals surface area contributed by atoms with E-state index in [1.807, 2.05) is 0 Å². The molecule has 1 saturated heterocycles. The molecular weight excluding hydrogens is 420 g/mol. The molecule has 2 aromatic rings. The number of nitrogens with zero attached hydrogens (tertiary/aromatic N) is 3. The Morgan fingerprint density at radius 3 is 2.66 bits per heavy atom. The van der Waals surface area contributed by atoms with Gasteiger partial charge in [-0.3, -0.25) is 19.9 Å². The number of piperidine rings is 1. The van der Waals surface area contributed by atoms with E-state index >= 15 is 0 Å². The molecule has 11 heteroatoms. The van der Waals surface area contributed by atoms with E-state index in [4.69, 9.17) is 11.6 Å². The van der Waals surface area contributed by atoms with Crippen LogP contribution in [0.1, 0.15) is 23.2 Å². The van der Waals surface area contributed by atoms with Crippen molar-refractivity contribution < 1.29 is 18.1 Å². The van der Waals surface area contributed by atoms with Gasteiger partial charge in [0, 0.05) is 43.7 Å². The van der Waals surface area contributed by atoms with Gasteiger partial charge in [-0.2, -0.15) is 4.31 Å². The van der Waals surface area contributed by atoms with Crippen LogP contribution in [-0.2, 0) is 10.0 Å². The van der Waals surface area contributed by atoms with Gasteiger partial charge in [-0.05, 0) is 43.0 Å². The average Bonchev–Trinajstić information content (AvgIpc) is 2.73. The lowest BCUT2D eigenvalue weighted by molar-refractivity contribution is -0.384. The lowest BCUT2D eigenvalue weighted by atomic mass is 9.98. The summed E-state index contributed by atoms with van der Waals surface area (Å²) in [5.41, 5.74) is -0.175. The van der Waals surface area contributed by atoms with Crippen LogP contribution in [-0.4, -0.2) is 48.2 Å². The number of hydrogen-bond donors (Lipinski definition) is 1. The van der Waals surface area contributed by atoms with E-state index in [2.05, 4.69) is 10.3 Å². The third kappa shape index (κ3) is 4.89. The minimum absolute atomic E-state index is 0.0336. The van der Waals surface area contributed by atoms with Crippen molar-refractivity contribution in [3.8, 4) is 0 Å². The van der Waals surface area contributed by atoms with E-state index in [1.54, 1.807) is 6.07 Å². The maximum Gasteiger partial charge on any atom is 0.288 e. The largest absolute Gasteiger partial charge is 0.352 e. The van der Waals surface area contributed by atoms with Crippen LogP contribution in [0.5, 0.6) is 0 Å². The number of nitro groups is 1. The van der Waals surface area contributed by atoms with Crippen LogP contribution < -0.4 is 5.32 Å². The molecule has 0 unspecified atom stereocenters. The summed E-state index contributed by atoms with van der Waals surface area (Å²) in [4.78, 5) is 26.6. The number of carbonyl (C=O) groups excluding carboxylic acids is 1. The molecule has 1 N–H and O–H groups in total. The zero-order chi connectivity index (χ0) is 21.0. The highest BCUT2D eigenvalue weighted by Crippen LogP contribution is 2.26. The molecule has 154 valence electrons. The minimum Gasteiger partial charge on any atom is -0.352 e. The molecule has 29 heavy (non-hydrogen) atoms. The molecule has 1 aromatic heterocycles. The molecule has 0 bridgehead atoms. The van der Waals surface area contributed by atoms with E-state index in [1.165, 1.54) is 34.9 Å². The second-order valence-corrected chi connectivity index (χ2v) is 9.01. The average molecular weight is 439 g/mol. The number of nitrogens with one attached hydrogen (secondary N) is 1. The number of aromatic nitrogens is 1. The third-order valence-electron chi connectivity index (χ3n) is 4.80. The molecule has 3 rings (SSSR count). The van der Waals surface area contributed by atoms with Gasteiger partial charge in [0.1, 0.15) is 9.92 Å². The maximum atomic E-state index is 12.6. The van der Waals surface area contributed by atoms with Crippen molar-refractivity contribution in [2.75, 3.05) is 19.6 Å². The number of nitro benzene ring substituents is 1. The van der Waals surface area contributed by atoms with Crippen molar-refractivity contribution in [1.82, 2.24) is 14.6 Å². The zero-order valence-corrected chi connectivity index (χ0v) is 16.9. The Morgan fingerprint density at radius 2 is 2.03 bits per heavy atom. The van der Waals surface area contributed by atoms with Gasteiger partial charge in [-0.1, -0.05) is 11.6 Å². The molecule has 0 spiro atoms. The van der Waals surface area contributed by atoms with Crippen LogP contribution in [0.3, 0.4) is 0 Å². The van der Waals surface area contributed by atoms with Crippen molar-refractivity contribution in [3.05, 3.63) is 63.4 Å². The summed E-state index contributed by atoms with van der Waals surface area (Å²) in [6.45, 7) is 1.06. The van der Waals surface area contributed by atoms with Gasteiger partial charge >= 0.3 is 0 Å². The number of sulfonamides is 1. The minimum atomic E-state index is -3.57. The Hall–Kier alpha value is -2.56. The molecule has 0 saturated carbocycles. The van der Waals surface area contributed by atoms with Gasteiger partial charge in [0.2, 0.25) is 10.0 Å².